The van der Waals surface area contributed by atoms with Crippen molar-refractivity contribution in [3.8, 4) is 0 Å². The van der Waals surface area contributed by atoms with Gasteiger partial charge in [-0.1, -0.05) is 11.6 Å². The minimum Gasteiger partial charge on any atom is -0.351 e. The van der Waals surface area contributed by atoms with E-state index in [2.05, 4.69) is 34.7 Å². The molecule has 5 rings (SSSR count). The number of thiazole rings is 1. The number of rotatable bonds is 4. The zero-order valence-electron chi connectivity index (χ0n) is 19.9. The molecule has 1 fully saturated rings. The van der Waals surface area contributed by atoms with Crippen molar-refractivity contribution in [2.45, 2.75) is 31.5 Å². The number of hydrogen-bond donors (Lipinski definition) is 3. The molecule has 2 aliphatic heterocycles. The van der Waals surface area contributed by atoms with Gasteiger partial charge in [-0.15, -0.1) is 11.3 Å². The second-order valence-electron chi connectivity index (χ2n) is 10.0. The number of likely N-dealkylation sites (N-methyl/N-ethyl adjacent to an activating group) is 2. The van der Waals surface area contributed by atoms with Crippen LogP contribution >= 0.6 is 22.9 Å². The molecule has 9 nitrogen and oxygen atoms in total. The number of benzene rings is 1. The van der Waals surface area contributed by atoms with Crippen molar-refractivity contribution in [3.05, 3.63) is 50.6 Å². The topological polar surface area (TPSA) is 107 Å². The first-order valence-electron chi connectivity index (χ1n) is 11.5. The molecule has 3 aromatic rings. The molecule has 1 saturated heterocycles. The van der Waals surface area contributed by atoms with Gasteiger partial charge in [-0.25, -0.2) is 4.98 Å². The Kier molecular flexibility index (Phi) is 6.06. The van der Waals surface area contributed by atoms with Crippen LogP contribution in [-0.4, -0.2) is 83.4 Å². The highest BCUT2D eigenvalue weighted by Crippen LogP contribution is 2.28. The summed E-state index contributed by atoms with van der Waals surface area (Å²) in [6, 6.07) is 6.07. The van der Waals surface area contributed by atoms with E-state index >= 15 is 0 Å². The fraction of sp³-hybridized carbons (Fsp3) is 0.417. The van der Waals surface area contributed by atoms with Crippen LogP contribution in [0.3, 0.4) is 0 Å². The van der Waals surface area contributed by atoms with Gasteiger partial charge in [-0.3, -0.25) is 14.4 Å². The number of likely N-dealkylation sites (tertiary alicyclic amines) is 1. The summed E-state index contributed by atoms with van der Waals surface area (Å²) in [6.45, 7) is 2.14. The standard InChI is InChI=1S/C24H27ClN6O3S/c1-30-11-19(28-23(34)24-29-16-6-7-31(2,3)12-20(16)35-24)17(10-21(30)32)27-22(33)18-9-13-8-14(25)4-5-15(13)26-18/h4-5,8-9,17,19H,6-7,10-12H2,1-3H3,(H2-,26,27,28,33,34)/p+1/t17-,19?/m1/s1. The van der Waals surface area contributed by atoms with Crippen LogP contribution < -0.4 is 10.6 Å². The second-order valence-corrected chi connectivity index (χ2v) is 11.5. The summed E-state index contributed by atoms with van der Waals surface area (Å²) in [5.41, 5.74) is 2.16. The maximum absolute atomic E-state index is 13.1. The van der Waals surface area contributed by atoms with Crippen LogP contribution in [0.4, 0.5) is 0 Å². The number of fused-ring (bicyclic) bond motifs is 2. The van der Waals surface area contributed by atoms with Gasteiger partial charge in [-0.05, 0) is 24.3 Å². The average molecular weight is 516 g/mol. The molecule has 2 atom stereocenters. The van der Waals surface area contributed by atoms with Crippen LogP contribution in [0.25, 0.3) is 10.9 Å². The Hall–Kier alpha value is -2.95. The Bertz CT molecular complexity index is 1330. The normalized spacial score (nSPS) is 21.6. The smallest absolute Gasteiger partial charge is 0.280 e. The summed E-state index contributed by atoms with van der Waals surface area (Å²) in [6.07, 6.45) is 0.945. The number of piperidine rings is 1. The van der Waals surface area contributed by atoms with Crippen molar-refractivity contribution < 1.29 is 18.9 Å². The third kappa shape index (κ3) is 4.91. The molecule has 1 unspecified atom stereocenters. The number of amides is 3. The average Bonchev–Trinajstić information content (AvgIpc) is 3.39. The Balaban J connectivity index is 1.32. The third-order valence-corrected chi connectivity index (χ3v) is 8.05. The quantitative estimate of drug-likeness (QED) is 0.463. The monoisotopic (exact) mass is 515 g/mol. The summed E-state index contributed by atoms with van der Waals surface area (Å²) in [5, 5.41) is 7.80. The maximum atomic E-state index is 13.1. The van der Waals surface area contributed by atoms with Crippen LogP contribution in [0.5, 0.6) is 0 Å². The largest absolute Gasteiger partial charge is 0.351 e. The number of nitrogens with zero attached hydrogens (tertiary/aromatic N) is 3. The van der Waals surface area contributed by atoms with Gasteiger partial charge >= 0.3 is 0 Å². The lowest BCUT2D eigenvalue weighted by molar-refractivity contribution is -0.905. The molecule has 1 aromatic carbocycles. The molecule has 0 aliphatic carbocycles. The Morgan fingerprint density at radius 2 is 1.97 bits per heavy atom. The summed E-state index contributed by atoms with van der Waals surface area (Å²) in [5.74, 6) is -0.709. The molecule has 0 radical (unpaired) electrons. The van der Waals surface area contributed by atoms with E-state index < -0.39 is 12.1 Å². The SMILES string of the molecule is CN1CC(NC(=O)c2nc3c(s2)C[N+](C)(C)CC3)[C@H](NC(=O)c2cc3cc(Cl)ccc3[nH]2)CC1=O. The summed E-state index contributed by atoms with van der Waals surface area (Å²) < 4.78 is 0.875. The lowest BCUT2D eigenvalue weighted by atomic mass is 9.98. The molecule has 0 bridgehead atoms. The highest BCUT2D eigenvalue weighted by Gasteiger charge is 2.36. The molecule has 4 heterocycles. The van der Waals surface area contributed by atoms with Crippen molar-refractivity contribution >= 4 is 51.6 Å². The minimum absolute atomic E-state index is 0.0889. The minimum atomic E-state index is -0.546. The number of quaternary nitrogens is 1. The van der Waals surface area contributed by atoms with Crippen molar-refractivity contribution in [1.82, 2.24) is 25.5 Å². The van der Waals surface area contributed by atoms with Gasteiger partial charge in [0.05, 0.1) is 43.3 Å². The zero-order valence-corrected chi connectivity index (χ0v) is 21.4. The molecule has 184 valence electrons. The number of hydrogen-bond acceptors (Lipinski definition) is 5. The number of aromatic nitrogens is 2. The van der Waals surface area contributed by atoms with Gasteiger partial charge in [0.1, 0.15) is 12.2 Å². The molecule has 0 saturated carbocycles. The van der Waals surface area contributed by atoms with Gasteiger partial charge in [0, 0.05) is 42.4 Å². The van der Waals surface area contributed by atoms with Crippen molar-refractivity contribution in [3.63, 3.8) is 0 Å². The van der Waals surface area contributed by atoms with Crippen molar-refractivity contribution in [2.24, 2.45) is 0 Å². The Morgan fingerprint density at radius 1 is 1.20 bits per heavy atom. The van der Waals surface area contributed by atoms with Crippen LogP contribution in [0.2, 0.25) is 5.02 Å². The van der Waals surface area contributed by atoms with E-state index in [0.717, 1.165) is 45.5 Å². The zero-order chi connectivity index (χ0) is 24.9. The number of carbonyl (C=O) groups excluding carboxylic acids is 3. The molecule has 2 aromatic heterocycles. The van der Waals surface area contributed by atoms with Crippen molar-refractivity contribution in [1.29, 1.82) is 0 Å². The first kappa shape index (κ1) is 23.8. The molecular weight excluding hydrogens is 488 g/mol. The lowest BCUT2D eigenvalue weighted by Gasteiger charge is -2.36. The van der Waals surface area contributed by atoms with E-state index in [4.69, 9.17) is 11.6 Å². The fourth-order valence-electron chi connectivity index (χ4n) is 4.69. The van der Waals surface area contributed by atoms with E-state index in [-0.39, 0.29) is 24.1 Å². The predicted octanol–water partition coefficient (Wildman–Crippen LogP) is 2.17. The molecule has 2 aliphatic rings. The summed E-state index contributed by atoms with van der Waals surface area (Å²) in [4.78, 5) is 49.0. The molecule has 3 N–H and O–H groups in total. The first-order chi connectivity index (χ1) is 16.6. The van der Waals surface area contributed by atoms with Crippen LogP contribution in [0, 0.1) is 0 Å². The van der Waals surface area contributed by atoms with E-state index in [9.17, 15) is 14.4 Å². The fourth-order valence-corrected chi connectivity index (χ4v) is 6.09. The number of nitrogens with one attached hydrogen (secondary N) is 3. The predicted molar refractivity (Wildman–Crippen MR) is 135 cm³/mol. The first-order valence-corrected chi connectivity index (χ1v) is 12.7. The van der Waals surface area contributed by atoms with Gasteiger partial charge < -0.3 is 25.0 Å². The van der Waals surface area contributed by atoms with E-state index in [1.165, 1.54) is 11.3 Å². The molecule has 35 heavy (non-hydrogen) atoms. The van der Waals surface area contributed by atoms with E-state index in [1.807, 2.05) is 6.07 Å². The Labute approximate surface area is 212 Å². The highest BCUT2D eigenvalue weighted by atomic mass is 35.5. The van der Waals surface area contributed by atoms with E-state index in [1.54, 1.807) is 30.1 Å². The van der Waals surface area contributed by atoms with Gasteiger partial charge in [-0.2, -0.15) is 0 Å². The Morgan fingerprint density at radius 3 is 2.77 bits per heavy atom. The van der Waals surface area contributed by atoms with Gasteiger partial charge in [0.25, 0.3) is 11.8 Å². The number of H-pyrrole nitrogens is 1. The summed E-state index contributed by atoms with van der Waals surface area (Å²) >= 11 is 7.48. The number of halogens is 1. The molecule has 3 amide bonds. The highest BCUT2D eigenvalue weighted by molar-refractivity contribution is 7.13. The van der Waals surface area contributed by atoms with Crippen LogP contribution in [-0.2, 0) is 17.8 Å². The van der Waals surface area contributed by atoms with Crippen LogP contribution in [0.1, 0.15) is 37.3 Å². The molecular formula is C24H28ClN6O3S+. The molecule has 0 spiro atoms. The van der Waals surface area contributed by atoms with Gasteiger partial charge in [0.15, 0.2) is 5.01 Å². The number of carbonyl (C=O) groups is 3. The van der Waals surface area contributed by atoms with Crippen molar-refractivity contribution in [2.75, 3.05) is 34.2 Å². The second kappa shape index (κ2) is 8.92. The maximum Gasteiger partial charge on any atom is 0.280 e. The van der Waals surface area contributed by atoms with Crippen LogP contribution in [0.15, 0.2) is 24.3 Å². The lowest BCUT2D eigenvalue weighted by Crippen LogP contribution is -2.61. The van der Waals surface area contributed by atoms with Gasteiger partial charge in [0.2, 0.25) is 5.91 Å². The molecule has 11 heteroatoms. The van der Waals surface area contributed by atoms with E-state index in [0.29, 0.717) is 22.3 Å². The summed E-state index contributed by atoms with van der Waals surface area (Å²) in [7, 11) is 6.04. The number of aromatic amines is 1. The third-order valence-electron chi connectivity index (χ3n) is 6.74.